The molecule has 21 heavy (non-hydrogen) atoms. The summed E-state index contributed by atoms with van der Waals surface area (Å²) in [6, 6.07) is 6.00. The minimum absolute atomic E-state index is 0.0720. The Bertz CT molecular complexity index is 602. The van der Waals surface area contributed by atoms with Gasteiger partial charge in [-0.25, -0.2) is 4.98 Å². The zero-order valence-electron chi connectivity index (χ0n) is 12.1. The zero-order valence-corrected chi connectivity index (χ0v) is 12.1. The predicted octanol–water partition coefficient (Wildman–Crippen LogP) is 1.95. The summed E-state index contributed by atoms with van der Waals surface area (Å²) in [6.07, 6.45) is 8.44. The van der Waals surface area contributed by atoms with Crippen molar-refractivity contribution in [1.29, 1.82) is 0 Å². The number of hydrogen-bond donors (Lipinski definition) is 1. The Morgan fingerprint density at radius 1 is 1.43 bits per heavy atom. The monoisotopic (exact) mass is 287 g/mol. The third-order valence-corrected chi connectivity index (χ3v) is 3.87. The molecule has 1 unspecified atom stereocenters. The summed E-state index contributed by atoms with van der Waals surface area (Å²) in [5.74, 6) is 1.04. The summed E-state index contributed by atoms with van der Waals surface area (Å²) in [7, 11) is 0. The van der Waals surface area contributed by atoms with Crippen LogP contribution in [0.2, 0.25) is 0 Å². The van der Waals surface area contributed by atoms with Crippen molar-refractivity contribution >= 4 is 11.4 Å². The number of carbonyl (C=O) groups excluding carboxylic acids is 1. The molecule has 1 fully saturated rings. The largest absolute Gasteiger partial charge is 0.378 e. The molecule has 112 valence electrons. The summed E-state index contributed by atoms with van der Waals surface area (Å²) in [5.41, 5.74) is 1.08. The van der Waals surface area contributed by atoms with Crippen LogP contribution in [-0.4, -0.2) is 34.5 Å². The van der Waals surface area contributed by atoms with Crippen molar-refractivity contribution in [3.05, 3.63) is 36.4 Å². The third kappa shape index (κ3) is 3.61. The van der Waals surface area contributed by atoms with Gasteiger partial charge in [0.05, 0.1) is 24.2 Å². The first kappa shape index (κ1) is 14.1. The molecule has 1 aliphatic heterocycles. The molecule has 5 nitrogen and oxygen atoms in total. The number of fused-ring (bicyclic) bond motifs is 1. The van der Waals surface area contributed by atoms with E-state index < -0.39 is 0 Å². The SMILES string of the molecule is O=C(CC1CCCCO1)NCCc1ncc2ccccn12. The second kappa shape index (κ2) is 6.72. The van der Waals surface area contributed by atoms with Crippen molar-refractivity contribution in [2.75, 3.05) is 13.2 Å². The lowest BCUT2D eigenvalue weighted by Gasteiger charge is -2.21. The number of aromatic nitrogens is 2. The third-order valence-electron chi connectivity index (χ3n) is 3.87. The molecule has 5 heteroatoms. The van der Waals surface area contributed by atoms with Gasteiger partial charge in [-0.1, -0.05) is 6.07 Å². The Balaban J connectivity index is 1.46. The first-order chi connectivity index (χ1) is 10.3. The minimum Gasteiger partial charge on any atom is -0.378 e. The number of nitrogens with zero attached hydrogens (tertiary/aromatic N) is 2. The second-order valence-electron chi connectivity index (χ2n) is 5.46. The van der Waals surface area contributed by atoms with E-state index in [1.165, 1.54) is 0 Å². The number of pyridine rings is 1. The van der Waals surface area contributed by atoms with Crippen molar-refractivity contribution in [1.82, 2.24) is 14.7 Å². The van der Waals surface area contributed by atoms with Gasteiger partial charge >= 0.3 is 0 Å². The lowest BCUT2D eigenvalue weighted by Crippen LogP contribution is -2.31. The van der Waals surface area contributed by atoms with E-state index in [-0.39, 0.29) is 12.0 Å². The molecule has 0 radical (unpaired) electrons. The average Bonchev–Trinajstić information content (AvgIpc) is 2.92. The van der Waals surface area contributed by atoms with Gasteiger partial charge in [-0.15, -0.1) is 0 Å². The molecule has 0 saturated carbocycles. The normalized spacial score (nSPS) is 18.8. The minimum atomic E-state index is 0.0720. The molecule has 0 spiro atoms. The molecule has 1 N–H and O–H groups in total. The molecule has 1 saturated heterocycles. The number of hydrogen-bond acceptors (Lipinski definition) is 3. The highest BCUT2D eigenvalue weighted by Gasteiger charge is 2.17. The van der Waals surface area contributed by atoms with Gasteiger partial charge in [0.2, 0.25) is 5.91 Å². The molecular weight excluding hydrogens is 266 g/mol. The first-order valence-electron chi connectivity index (χ1n) is 7.62. The second-order valence-corrected chi connectivity index (χ2v) is 5.46. The Hall–Kier alpha value is -1.88. The van der Waals surface area contributed by atoms with Gasteiger partial charge in [-0.05, 0) is 31.4 Å². The molecule has 3 rings (SSSR count). The maximum absolute atomic E-state index is 11.9. The maximum atomic E-state index is 11.9. The van der Waals surface area contributed by atoms with Crippen molar-refractivity contribution < 1.29 is 9.53 Å². The van der Waals surface area contributed by atoms with Gasteiger partial charge in [-0.3, -0.25) is 4.79 Å². The fourth-order valence-corrected chi connectivity index (χ4v) is 2.75. The number of ether oxygens (including phenoxy) is 1. The van der Waals surface area contributed by atoms with Crippen LogP contribution in [0.1, 0.15) is 31.5 Å². The Morgan fingerprint density at radius 2 is 2.38 bits per heavy atom. The molecule has 1 aliphatic rings. The van der Waals surface area contributed by atoms with Crippen LogP contribution in [0.3, 0.4) is 0 Å². The standard InChI is InChI=1S/C16H21N3O2/c20-16(11-14-6-2-4-10-21-14)17-8-7-15-18-12-13-5-1-3-9-19(13)15/h1,3,5,9,12,14H,2,4,6-8,10-11H2,(H,17,20). The van der Waals surface area contributed by atoms with E-state index in [2.05, 4.69) is 14.7 Å². The van der Waals surface area contributed by atoms with E-state index in [1.807, 2.05) is 30.6 Å². The van der Waals surface area contributed by atoms with E-state index in [0.717, 1.165) is 43.6 Å². The van der Waals surface area contributed by atoms with E-state index in [0.29, 0.717) is 13.0 Å². The number of nitrogens with one attached hydrogen (secondary N) is 1. The van der Waals surface area contributed by atoms with Crippen LogP contribution in [0, 0.1) is 0 Å². The Morgan fingerprint density at radius 3 is 3.24 bits per heavy atom. The summed E-state index contributed by atoms with van der Waals surface area (Å²) >= 11 is 0. The number of imidazole rings is 1. The first-order valence-corrected chi connectivity index (χ1v) is 7.62. The molecule has 2 aromatic heterocycles. The van der Waals surface area contributed by atoms with Crippen molar-refractivity contribution in [2.45, 2.75) is 38.2 Å². The quantitative estimate of drug-likeness (QED) is 0.914. The van der Waals surface area contributed by atoms with E-state index in [1.54, 1.807) is 0 Å². The summed E-state index contributed by atoms with van der Waals surface area (Å²) in [4.78, 5) is 16.3. The van der Waals surface area contributed by atoms with Gasteiger partial charge < -0.3 is 14.5 Å². The fourth-order valence-electron chi connectivity index (χ4n) is 2.75. The van der Waals surface area contributed by atoms with Gasteiger partial charge in [-0.2, -0.15) is 0 Å². The van der Waals surface area contributed by atoms with Crippen LogP contribution in [0.25, 0.3) is 5.52 Å². The number of rotatable bonds is 5. The van der Waals surface area contributed by atoms with Gasteiger partial charge in [0.1, 0.15) is 5.82 Å². The fraction of sp³-hybridized carbons (Fsp3) is 0.500. The molecule has 1 atom stereocenters. The molecule has 0 bridgehead atoms. The molecular formula is C16H21N3O2. The molecule has 0 aliphatic carbocycles. The molecule has 2 aromatic rings. The lowest BCUT2D eigenvalue weighted by molar-refractivity contribution is -0.124. The van der Waals surface area contributed by atoms with Crippen molar-refractivity contribution in [2.24, 2.45) is 0 Å². The van der Waals surface area contributed by atoms with Crippen molar-refractivity contribution in [3.8, 4) is 0 Å². The molecule has 0 aromatic carbocycles. The van der Waals surface area contributed by atoms with E-state index in [4.69, 9.17) is 4.74 Å². The predicted molar refractivity (Wildman–Crippen MR) is 80.1 cm³/mol. The highest BCUT2D eigenvalue weighted by Crippen LogP contribution is 2.15. The Labute approximate surface area is 124 Å². The van der Waals surface area contributed by atoms with Gasteiger partial charge in [0.25, 0.3) is 0 Å². The van der Waals surface area contributed by atoms with Crippen LogP contribution in [0.4, 0.5) is 0 Å². The summed E-state index contributed by atoms with van der Waals surface area (Å²) < 4.78 is 7.63. The number of amides is 1. The lowest BCUT2D eigenvalue weighted by atomic mass is 10.1. The Kier molecular flexibility index (Phi) is 4.50. The highest BCUT2D eigenvalue weighted by atomic mass is 16.5. The summed E-state index contributed by atoms with van der Waals surface area (Å²) in [6.45, 7) is 1.40. The maximum Gasteiger partial charge on any atom is 0.222 e. The topological polar surface area (TPSA) is 55.6 Å². The van der Waals surface area contributed by atoms with Crippen LogP contribution in [0.15, 0.2) is 30.6 Å². The van der Waals surface area contributed by atoms with Crippen LogP contribution in [0.5, 0.6) is 0 Å². The van der Waals surface area contributed by atoms with Gasteiger partial charge in [0.15, 0.2) is 0 Å². The molecule has 3 heterocycles. The van der Waals surface area contributed by atoms with Crippen LogP contribution < -0.4 is 5.32 Å². The zero-order chi connectivity index (χ0) is 14.5. The van der Waals surface area contributed by atoms with E-state index in [9.17, 15) is 4.79 Å². The highest BCUT2D eigenvalue weighted by molar-refractivity contribution is 5.76. The summed E-state index contributed by atoms with van der Waals surface area (Å²) in [5, 5.41) is 2.96. The van der Waals surface area contributed by atoms with Gasteiger partial charge in [0, 0.05) is 25.8 Å². The van der Waals surface area contributed by atoms with Crippen LogP contribution >= 0.6 is 0 Å². The molecule has 1 amide bonds. The van der Waals surface area contributed by atoms with E-state index >= 15 is 0 Å². The average molecular weight is 287 g/mol. The smallest absolute Gasteiger partial charge is 0.222 e. The van der Waals surface area contributed by atoms with Crippen molar-refractivity contribution in [3.63, 3.8) is 0 Å². The number of carbonyl (C=O) groups is 1. The van der Waals surface area contributed by atoms with Crippen LogP contribution in [-0.2, 0) is 16.0 Å².